The number of nitrogens with one attached hydrogen (secondary N) is 1. The van der Waals surface area contributed by atoms with Gasteiger partial charge in [0.2, 0.25) is 5.95 Å². The lowest BCUT2D eigenvalue weighted by Crippen LogP contribution is -2.47. The SMILES string of the molecule is CCNc1cc(N2CCN(CCO)CC2)nc(N)n1. The molecule has 7 heteroatoms. The molecule has 19 heavy (non-hydrogen) atoms. The maximum Gasteiger partial charge on any atom is 0.223 e. The molecule has 1 saturated heterocycles. The third-order valence-corrected chi connectivity index (χ3v) is 3.20. The number of nitrogens with zero attached hydrogens (tertiary/aromatic N) is 4. The van der Waals surface area contributed by atoms with Crippen molar-refractivity contribution >= 4 is 17.6 Å². The summed E-state index contributed by atoms with van der Waals surface area (Å²) < 4.78 is 0. The zero-order chi connectivity index (χ0) is 13.7. The first-order chi connectivity index (χ1) is 9.22. The van der Waals surface area contributed by atoms with E-state index in [0.717, 1.165) is 50.9 Å². The average Bonchev–Trinajstić information content (AvgIpc) is 2.40. The van der Waals surface area contributed by atoms with Gasteiger partial charge in [0, 0.05) is 45.3 Å². The number of aromatic nitrogens is 2. The Morgan fingerprint density at radius 3 is 2.68 bits per heavy atom. The Morgan fingerprint density at radius 1 is 1.32 bits per heavy atom. The summed E-state index contributed by atoms with van der Waals surface area (Å²) in [6, 6.07) is 1.93. The Kier molecular flexibility index (Phi) is 4.75. The van der Waals surface area contributed by atoms with Crippen LogP contribution in [0.5, 0.6) is 0 Å². The lowest BCUT2D eigenvalue weighted by Gasteiger charge is -2.35. The van der Waals surface area contributed by atoms with Crippen molar-refractivity contribution in [3.63, 3.8) is 0 Å². The van der Waals surface area contributed by atoms with E-state index in [-0.39, 0.29) is 6.61 Å². The van der Waals surface area contributed by atoms with E-state index >= 15 is 0 Å². The molecular weight excluding hydrogens is 244 g/mol. The smallest absolute Gasteiger partial charge is 0.223 e. The fraction of sp³-hybridized carbons (Fsp3) is 0.667. The van der Waals surface area contributed by atoms with Gasteiger partial charge in [-0.15, -0.1) is 0 Å². The van der Waals surface area contributed by atoms with Gasteiger partial charge in [-0.05, 0) is 6.92 Å². The van der Waals surface area contributed by atoms with E-state index < -0.39 is 0 Å². The van der Waals surface area contributed by atoms with Crippen LogP contribution >= 0.6 is 0 Å². The number of nitrogens with two attached hydrogens (primary N) is 1. The molecule has 1 aromatic heterocycles. The molecular formula is C12H22N6O. The second-order valence-electron chi connectivity index (χ2n) is 4.55. The Balaban J connectivity index is 2.02. The molecule has 0 amide bonds. The molecule has 0 bridgehead atoms. The van der Waals surface area contributed by atoms with Crippen molar-refractivity contribution in [3.05, 3.63) is 6.07 Å². The van der Waals surface area contributed by atoms with Crippen LogP contribution in [0.3, 0.4) is 0 Å². The van der Waals surface area contributed by atoms with Crippen molar-refractivity contribution in [2.75, 3.05) is 61.8 Å². The van der Waals surface area contributed by atoms with Crippen LogP contribution in [0.2, 0.25) is 0 Å². The minimum atomic E-state index is 0.213. The van der Waals surface area contributed by atoms with Crippen LogP contribution in [-0.4, -0.2) is 65.8 Å². The lowest BCUT2D eigenvalue weighted by atomic mass is 10.3. The third-order valence-electron chi connectivity index (χ3n) is 3.20. The van der Waals surface area contributed by atoms with Gasteiger partial charge < -0.3 is 21.1 Å². The fourth-order valence-corrected chi connectivity index (χ4v) is 2.23. The van der Waals surface area contributed by atoms with Gasteiger partial charge in [0.05, 0.1) is 6.61 Å². The fourth-order valence-electron chi connectivity index (χ4n) is 2.23. The van der Waals surface area contributed by atoms with E-state index in [1.54, 1.807) is 0 Å². The maximum absolute atomic E-state index is 8.93. The summed E-state index contributed by atoms with van der Waals surface area (Å²) in [7, 11) is 0. The Bertz CT molecular complexity index is 405. The molecule has 0 spiro atoms. The number of rotatable bonds is 5. The zero-order valence-electron chi connectivity index (χ0n) is 11.3. The van der Waals surface area contributed by atoms with Crippen LogP contribution in [0, 0.1) is 0 Å². The number of hydrogen-bond donors (Lipinski definition) is 3. The van der Waals surface area contributed by atoms with E-state index in [4.69, 9.17) is 10.8 Å². The van der Waals surface area contributed by atoms with E-state index in [2.05, 4.69) is 25.1 Å². The Morgan fingerprint density at radius 2 is 2.05 bits per heavy atom. The van der Waals surface area contributed by atoms with Crippen molar-refractivity contribution in [3.8, 4) is 0 Å². The van der Waals surface area contributed by atoms with Crippen LogP contribution in [0.15, 0.2) is 6.07 Å². The van der Waals surface area contributed by atoms with Gasteiger partial charge >= 0.3 is 0 Å². The molecule has 0 radical (unpaired) electrons. The molecule has 0 aromatic carbocycles. The number of β-amino-alcohol motifs (C(OH)–C–C–N with tert-alkyl or cyclic N) is 1. The zero-order valence-corrected chi connectivity index (χ0v) is 11.3. The molecule has 1 aromatic rings. The highest BCUT2D eigenvalue weighted by Crippen LogP contribution is 2.18. The number of aliphatic hydroxyl groups is 1. The number of aliphatic hydroxyl groups excluding tert-OH is 1. The third kappa shape index (κ3) is 3.68. The highest BCUT2D eigenvalue weighted by Gasteiger charge is 2.18. The molecule has 0 atom stereocenters. The van der Waals surface area contributed by atoms with Gasteiger partial charge in [-0.25, -0.2) is 0 Å². The number of hydrogen-bond acceptors (Lipinski definition) is 7. The molecule has 1 aliphatic heterocycles. The van der Waals surface area contributed by atoms with E-state index in [1.807, 2.05) is 13.0 Å². The second kappa shape index (κ2) is 6.53. The minimum absolute atomic E-state index is 0.213. The standard InChI is InChI=1S/C12H22N6O/c1-2-14-10-9-11(16-12(13)15-10)18-5-3-17(4-6-18)7-8-19/h9,19H,2-8H2,1H3,(H3,13,14,15,16). The molecule has 2 rings (SSSR count). The lowest BCUT2D eigenvalue weighted by molar-refractivity contribution is 0.188. The molecule has 0 saturated carbocycles. The van der Waals surface area contributed by atoms with Crippen molar-refractivity contribution in [2.24, 2.45) is 0 Å². The van der Waals surface area contributed by atoms with Gasteiger partial charge in [0.1, 0.15) is 11.6 Å². The maximum atomic E-state index is 8.93. The summed E-state index contributed by atoms with van der Waals surface area (Å²) in [5, 5.41) is 12.1. The van der Waals surface area contributed by atoms with Gasteiger partial charge in [0.15, 0.2) is 0 Å². The number of anilines is 3. The summed E-state index contributed by atoms with van der Waals surface area (Å²) in [6.45, 7) is 7.42. The van der Waals surface area contributed by atoms with Crippen LogP contribution in [0.4, 0.5) is 17.6 Å². The molecule has 7 nitrogen and oxygen atoms in total. The highest BCUT2D eigenvalue weighted by molar-refractivity contribution is 5.52. The topological polar surface area (TPSA) is 90.5 Å². The predicted molar refractivity (Wildman–Crippen MR) is 76.3 cm³/mol. The molecule has 1 fully saturated rings. The molecule has 0 unspecified atom stereocenters. The van der Waals surface area contributed by atoms with Crippen molar-refractivity contribution < 1.29 is 5.11 Å². The summed E-state index contributed by atoms with van der Waals surface area (Å²) in [6.07, 6.45) is 0. The van der Waals surface area contributed by atoms with E-state index in [9.17, 15) is 0 Å². The van der Waals surface area contributed by atoms with E-state index in [0.29, 0.717) is 5.95 Å². The Labute approximate surface area is 113 Å². The van der Waals surface area contributed by atoms with Crippen molar-refractivity contribution in [2.45, 2.75) is 6.92 Å². The second-order valence-corrected chi connectivity index (χ2v) is 4.55. The van der Waals surface area contributed by atoms with Crippen LogP contribution in [0.1, 0.15) is 6.92 Å². The molecule has 0 aliphatic carbocycles. The molecule has 2 heterocycles. The quantitative estimate of drug-likeness (QED) is 0.668. The number of piperazine rings is 1. The molecule has 106 valence electrons. The first kappa shape index (κ1) is 13.8. The first-order valence-corrected chi connectivity index (χ1v) is 6.69. The van der Waals surface area contributed by atoms with E-state index in [1.165, 1.54) is 0 Å². The van der Waals surface area contributed by atoms with Gasteiger partial charge in [-0.1, -0.05) is 0 Å². The summed E-state index contributed by atoms with van der Waals surface area (Å²) >= 11 is 0. The monoisotopic (exact) mass is 266 g/mol. The first-order valence-electron chi connectivity index (χ1n) is 6.69. The summed E-state index contributed by atoms with van der Waals surface area (Å²) in [5.41, 5.74) is 5.74. The van der Waals surface area contributed by atoms with Crippen molar-refractivity contribution in [1.29, 1.82) is 0 Å². The average molecular weight is 266 g/mol. The van der Waals surface area contributed by atoms with Crippen LogP contribution in [0.25, 0.3) is 0 Å². The normalized spacial score (nSPS) is 16.6. The van der Waals surface area contributed by atoms with Crippen molar-refractivity contribution in [1.82, 2.24) is 14.9 Å². The molecule has 1 aliphatic rings. The van der Waals surface area contributed by atoms with Gasteiger partial charge in [0.25, 0.3) is 0 Å². The van der Waals surface area contributed by atoms with Gasteiger partial charge in [-0.3, -0.25) is 4.90 Å². The molecule has 4 N–H and O–H groups in total. The predicted octanol–water partition coefficient (Wildman–Crippen LogP) is -0.395. The minimum Gasteiger partial charge on any atom is -0.395 e. The van der Waals surface area contributed by atoms with Gasteiger partial charge in [-0.2, -0.15) is 9.97 Å². The van der Waals surface area contributed by atoms with Crippen LogP contribution in [-0.2, 0) is 0 Å². The highest BCUT2D eigenvalue weighted by atomic mass is 16.3. The number of nitrogen functional groups attached to an aromatic ring is 1. The largest absolute Gasteiger partial charge is 0.395 e. The summed E-state index contributed by atoms with van der Waals surface area (Å²) in [4.78, 5) is 12.9. The Hall–Kier alpha value is -1.60. The summed E-state index contributed by atoms with van der Waals surface area (Å²) in [5.74, 6) is 1.93. The van der Waals surface area contributed by atoms with Crippen LogP contribution < -0.4 is 16.0 Å².